The Hall–Kier alpha value is -3.68. The van der Waals surface area contributed by atoms with Gasteiger partial charge in [-0.15, -0.1) is 0 Å². The van der Waals surface area contributed by atoms with Gasteiger partial charge in [0.2, 0.25) is 5.82 Å². The zero-order chi connectivity index (χ0) is 22.0. The lowest BCUT2D eigenvalue weighted by Crippen LogP contribution is -2.46. The minimum absolute atomic E-state index is 0.139. The number of nitrogens with zero attached hydrogens (tertiary/aromatic N) is 3. The van der Waals surface area contributed by atoms with Gasteiger partial charge in [-0.1, -0.05) is 42.4 Å². The third kappa shape index (κ3) is 3.88. The SMILES string of the molecule is CCCN1C(=O)NC(c2ccccc2)C(c2nc(-c3ccc(OC)c(F)c3)no2)=C1C. The second-order valence-electron chi connectivity index (χ2n) is 7.22. The smallest absolute Gasteiger partial charge is 0.322 e. The van der Waals surface area contributed by atoms with Gasteiger partial charge in [0.05, 0.1) is 18.7 Å². The number of hydrogen-bond donors (Lipinski definition) is 1. The summed E-state index contributed by atoms with van der Waals surface area (Å²) in [5.41, 5.74) is 2.83. The van der Waals surface area contributed by atoms with Crippen LogP contribution < -0.4 is 10.1 Å². The number of benzene rings is 2. The highest BCUT2D eigenvalue weighted by atomic mass is 19.1. The number of halogens is 1. The molecule has 7 nitrogen and oxygen atoms in total. The highest BCUT2D eigenvalue weighted by Gasteiger charge is 2.35. The molecule has 0 spiro atoms. The molecule has 1 aliphatic rings. The molecule has 2 heterocycles. The van der Waals surface area contributed by atoms with Crippen molar-refractivity contribution in [3.8, 4) is 17.1 Å². The number of methoxy groups -OCH3 is 1. The van der Waals surface area contributed by atoms with E-state index in [-0.39, 0.29) is 23.5 Å². The second kappa shape index (κ2) is 8.59. The lowest BCUT2D eigenvalue weighted by Gasteiger charge is -2.35. The first-order valence-electron chi connectivity index (χ1n) is 10.0. The van der Waals surface area contributed by atoms with Gasteiger partial charge in [0, 0.05) is 17.8 Å². The van der Waals surface area contributed by atoms with Crippen LogP contribution in [0, 0.1) is 5.82 Å². The van der Waals surface area contributed by atoms with E-state index < -0.39 is 11.9 Å². The molecule has 4 rings (SSSR count). The average molecular weight is 422 g/mol. The number of rotatable bonds is 6. The van der Waals surface area contributed by atoms with E-state index in [2.05, 4.69) is 15.5 Å². The number of urea groups is 1. The Kier molecular flexibility index (Phi) is 5.70. The van der Waals surface area contributed by atoms with Crippen molar-refractivity contribution in [3.63, 3.8) is 0 Å². The molecule has 8 heteroatoms. The van der Waals surface area contributed by atoms with Gasteiger partial charge in [-0.25, -0.2) is 9.18 Å². The normalized spacial score (nSPS) is 16.5. The molecule has 0 fully saturated rings. The van der Waals surface area contributed by atoms with E-state index in [9.17, 15) is 9.18 Å². The van der Waals surface area contributed by atoms with Crippen molar-refractivity contribution < 1.29 is 18.4 Å². The quantitative estimate of drug-likeness (QED) is 0.618. The van der Waals surface area contributed by atoms with Crippen LogP contribution in [0.4, 0.5) is 9.18 Å². The topological polar surface area (TPSA) is 80.5 Å². The molecular weight excluding hydrogens is 399 g/mol. The molecule has 1 unspecified atom stereocenters. The zero-order valence-corrected chi connectivity index (χ0v) is 17.6. The number of nitrogens with one attached hydrogen (secondary N) is 1. The number of carbonyl (C=O) groups excluding carboxylic acids is 1. The summed E-state index contributed by atoms with van der Waals surface area (Å²) in [5.74, 6) is 0.157. The minimum Gasteiger partial charge on any atom is -0.494 e. The van der Waals surface area contributed by atoms with Crippen molar-refractivity contribution in [1.82, 2.24) is 20.4 Å². The Morgan fingerprint density at radius 1 is 1.23 bits per heavy atom. The fourth-order valence-electron chi connectivity index (χ4n) is 3.70. The number of aromatic nitrogens is 2. The van der Waals surface area contributed by atoms with Crippen molar-refractivity contribution in [2.24, 2.45) is 0 Å². The van der Waals surface area contributed by atoms with Crippen LogP contribution in [0.1, 0.15) is 37.8 Å². The standard InChI is InChI=1S/C23H23FN4O3/c1-4-12-28-14(2)19(20(25-23(28)29)15-8-6-5-7-9-15)22-26-21(27-31-22)16-10-11-18(30-3)17(24)13-16/h5-11,13,20H,4,12H2,1-3H3,(H,25,29). The van der Waals surface area contributed by atoms with Crippen LogP contribution in [0.2, 0.25) is 0 Å². The molecular formula is C23H23FN4O3. The number of allylic oxidation sites excluding steroid dienone is 1. The minimum atomic E-state index is -0.511. The largest absolute Gasteiger partial charge is 0.494 e. The van der Waals surface area contributed by atoms with Crippen LogP contribution >= 0.6 is 0 Å². The Labute approximate surface area is 179 Å². The van der Waals surface area contributed by atoms with Crippen molar-refractivity contribution in [1.29, 1.82) is 0 Å². The molecule has 0 saturated carbocycles. The first kappa shape index (κ1) is 20.6. The van der Waals surface area contributed by atoms with Crippen LogP contribution in [0.5, 0.6) is 5.75 Å². The van der Waals surface area contributed by atoms with Crippen LogP contribution in [-0.2, 0) is 0 Å². The molecule has 0 aliphatic carbocycles. The first-order chi connectivity index (χ1) is 15.0. The molecule has 2 amide bonds. The molecule has 2 aromatic carbocycles. The number of ether oxygens (including phenoxy) is 1. The van der Waals surface area contributed by atoms with Crippen LogP contribution in [-0.4, -0.2) is 34.7 Å². The predicted octanol–water partition coefficient (Wildman–Crippen LogP) is 4.79. The molecule has 1 N–H and O–H groups in total. The van der Waals surface area contributed by atoms with Gasteiger partial charge in [-0.05, 0) is 37.1 Å². The fourth-order valence-corrected chi connectivity index (χ4v) is 3.70. The van der Waals surface area contributed by atoms with E-state index >= 15 is 0 Å². The summed E-state index contributed by atoms with van der Waals surface area (Å²) in [6, 6.07) is 13.5. The predicted molar refractivity (Wildman–Crippen MR) is 114 cm³/mol. The van der Waals surface area contributed by atoms with Gasteiger partial charge in [0.25, 0.3) is 5.89 Å². The lowest BCUT2D eigenvalue weighted by molar-refractivity contribution is 0.205. The van der Waals surface area contributed by atoms with Crippen molar-refractivity contribution >= 4 is 11.6 Å². The summed E-state index contributed by atoms with van der Waals surface area (Å²) < 4.78 is 24.7. The Morgan fingerprint density at radius 2 is 2.00 bits per heavy atom. The maximum Gasteiger partial charge on any atom is 0.322 e. The van der Waals surface area contributed by atoms with E-state index in [4.69, 9.17) is 9.26 Å². The summed E-state index contributed by atoms with van der Waals surface area (Å²) in [4.78, 5) is 18.9. The van der Waals surface area contributed by atoms with Crippen molar-refractivity contribution in [2.75, 3.05) is 13.7 Å². The van der Waals surface area contributed by atoms with Crippen LogP contribution in [0.15, 0.2) is 58.8 Å². The first-order valence-corrected chi connectivity index (χ1v) is 10.0. The fraction of sp³-hybridized carbons (Fsp3) is 0.261. The van der Waals surface area contributed by atoms with Gasteiger partial charge in [-0.3, -0.25) is 4.90 Å². The highest BCUT2D eigenvalue weighted by Crippen LogP contribution is 2.37. The van der Waals surface area contributed by atoms with E-state index in [1.807, 2.05) is 44.2 Å². The molecule has 1 aromatic heterocycles. The van der Waals surface area contributed by atoms with E-state index in [0.717, 1.165) is 17.7 Å². The highest BCUT2D eigenvalue weighted by molar-refractivity contribution is 5.86. The van der Waals surface area contributed by atoms with Gasteiger partial charge < -0.3 is 14.6 Å². The number of carbonyl (C=O) groups is 1. The van der Waals surface area contributed by atoms with E-state index in [1.165, 1.54) is 19.2 Å². The van der Waals surface area contributed by atoms with E-state index in [1.54, 1.807) is 11.0 Å². The summed E-state index contributed by atoms with van der Waals surface area (Å²) in [5, 5.41) is 7.10. The second-order valence-corrected chi connectivity index (χ2v) is 7.22. The van der Waals surface area contributed by atoms with Gasteiger partial charge >= 0.3 is 6.03 Å². The average Bonchev–Trinajstić information content (AvgIpc) is 3.26. The van der Waals surface area contributed by atoms with Gasteiger partial charge in [0.1, 0.15) is 0 Å². The molecule has 1 atom stereocenters. The maximum atomic E-state index is 14.1. The molecule has 31 heavy (non-hydrogen) atoms. The van der Waals surface area contributed by atoms with Crippen LogP contribution in [0.3, 0.4) is 0 Å². The number of amides is 2. The summed E-state index contributed by atoms with van der Waals surface area (Å²) in [7, 11) is 1.41. The monoisotopic (exact) mass is 422 g/mol. The molecule has 0 radical (unpaired) electrons. The lowest BCUT2D eigenvalue weighted by atomic mass is 9.94. The summed E-state index contributed by atoms with van der Waals surface area (Å²) >= 11 is 0. The van der Waals surface area contributed by atoms with Gasteiger partial charge in [0.15, 0.2) is 11.6 Å². The Bertz CT molecular complexity index is 1130. The van der Waals surface area contributed by atoms with Gasteiger partial charge in [-0.2, -0.15) is 4.98 Å². The number of hydrogen-bond acceptors (Lipinski definition) is 5. The van der Waals surface area contributed by atoms with E-state index in [0.29, 0.717) is 17.7 Å². The Balaban J connectivity index is 1.79. The molecule has 0 bridgehead atoms. The molecule has 3 aromatic rings. The Morgan fingerprint density at radius 3 is 2.68 bits per heavy atom. The third-order valence-corrected chi connectivity index (χ3v) is 5.24. The zero-order valence-electron chi connectivity index (χ0n) is 17.6. The third-order valence-electron chi connectivity index (χ3n) is 5.24. The molecule has 1 aliphatic heterocycles. The summed E-state index contributed by atoms with van der Waals surface area (Å²) in [6.45, 7) is 4.44. The van der Waals surface area contributed by atoms with Crippen molar-refractivity contribution in [2.45, 2.75) is 26.3 Å². The summed E-state index contributed by atoms with van der Waals surface area (Å²) in [6.07, 6.45) is 0.800. The molecule has 160 valence electrons. The molecule has 0 saturated heterocycles. The van der Waals surface area contributed by atoms with Crippen LogP contribution in [0.25, 0.3) is 17.0 Å². The van der Waals surface area contributed by atoms with Crippen molar-refractivity contribution in [3.05, 3.63) is 71.5 Å². The maximum absolute atomic E-state index is 14.1.